The van der Waals surface area contributed by atoms with E-state index in [1.807, 2.05) is 38.1 Å². The second kappa shape index (κ2) is 8.60. The molecule has 1 amide bonds. The highest BCUT2D eigenvalue weighted by atomic mass is 19.4. The molecule has 0 aromatic heterocycles. The van der Waals surface area contributed by atoms with Crippen molar-refractivity contribution in [3.8, 4) is 5.75 Å². The van der Waals surface area contributed by atoms with Gasteiger partial charge < -0.3 is 15.4 Å². The Hall–Kier alpha value is -2.70. The van der Waals surface area contributed by atoms with Crippen molar-refractivity contribution in [2.45, 2.75) is 32.5 Å². The second-order valence-corrected chi connectivity index (χ2v) is 5.97. The molecule has 0 saturated carbocycles. The number of hydrogen-bond donors (Lipinski definition) is 2. The van der Waals surface area contributed by atoms with Crippen LogP contribution in [0.3, 0.4) is 0 Å². The summed E-state index contributed by atoms with van der Waals surface area (Å²) >= 11 is 0. The van der Waals surface area contributed by atoms with Gasteiger partial charge in [0.15, 0.2) is 0 Å². The van der Waals surface area contributed by atoms with E-state index in [0.29, 0.717) is 12.3 Å². The molecule has 140 valence electrons. The van der Waals surface area contributed by atoms with Gasteiger partial charge in [0.05, 0.1) is 17.4 Å². The summed E-state index contributed by atoms with van der Waals surface area (Å²) in [6, 6.07) is 11.9. The Kier molecular flexibility index (Phi) is 6.49. The Bertz CT molecular complexity index is 746. The van der Waals surface area contributed by atoms with Gasteiger partial charge in [0.1, 0.15) is 5.75 Å². The van der Waals surface area contributed by atoms with E-state index in [0.717, 1.165) is 17.8 Å². The van der Waals surface area contributed by atoms with Crippen molar-refractivity contribution in [3.63, 3.8) is 0 Å². The lowest BCUT2D eigenvalue weighted by Gasteiger charge is -2.15. The predicted molar refractivity (Wildman–Crippen MR) is 95.4 cm³/mol. The average Bonchev–Trinajstić information content (AvgIpc) is 2.55. The van der Waals surface area contributed by atoms with E-state index in [2.05, 4.69) is 10.6 Å². The van der Waals surface area contributed by atoms with E-state index in [1.54, 1.807) is 0 Å². The quantitative estimate of drug-likeness (QED) is 0.730. The molecule has 0 spiro atoms. The van der Waals surface area contributed by atoms with Gasteiger partial charge in [-0.2, -0.15) is 13.2 Å². The van der Waals surface area contributed by atoms with E-state index in [1.165, 1.54) is 12.1 Å². The molecule has 2 aromatic carbocycles. The first-order chi connectivity index (χ1) is 12.3. The largest absolute Gasteiger partial charge is 0.489 e. The van der Waals surface area contributed by atoms with Gasteiger partial charge in [-0.3, -0.25) is 4.79 Å². The maximum absolute atomic E-state index is 12.7. The molecule has 2 N–H and O–H groups in total. The summed E-state index contributed by atoms with van der Waals surface area (Å²) in [6.07, 6.45) is -4.32. The number of rotatable bonds is 7. The number of para-hydroxylation sites is 2. The van der Waals surface area contributed by atoms with Crippen LogP contribution in [-0.4, -0.2) is 18.6 Å². The highest BCUT2D eigenvalue weighted by Gasteiger charge is 2.30. The van der Waals surface area contributed by atoms with E-state index >= 15 is 0 Å². The number of carbonyl (C=O) groups excluding carboxylic acids is 1. The summed E-state index contributed by atoms with van der Waals surface area (Å²) in [5.74, 6) is 0.305. The molecule has 2 rings (SSSR count). The van der Waals surface area contributed by atoms with E-state index in [-0.39, 0.29) is 24.1 Å². The number of ether oxygens (including phenoxy) is 1. The molecule has 0 bridgehead atoms. The zero-order valence-corrected chi connectivity index (χ0v) is 14.6. The van der Waals surface area contributed by atoms with Gasteiger partial charge in [0.25, 0.3) is 0 Å². The monoisotopic (exact) mass is 366 g/mol. The number of benzene rings is 2. The molecule has 2 aromatic rings. The van der Waals surface area contributed by atoms with Crippen molar-refractivity contribution < 1.29 is 22.7 Å². The van der Waals surface area contributed by atoms with E-state index in [4.69, 9.17) is 4.74 Å². The molecule has 0 heterocycles. The fraction of sp³-hybridized carbons (Fsp3) is 0.316. The SMILES string of the molecule is CC(C)Oc1ccccc1NCCC(=O)Nc1cccc(C(F)(F)F)c1. The number of alkyl halides is 3. The Morgan fingerprint density at radius 2 is 1.85 bits per heavy atom. The zero-order valence-electron chi connectivity index (χ0n) is 14.6. The number of anilines is 2. The Morgan fingerprint density at radius 3 is 2.54 bits per heavy atom. The lowest BCUT2D eigenvalue weighted by Crippen LogP contribution is -2.17. The molecule has 0 fully saturated rings. The van der Waals surface area contributed by atoms with Crippen LogP contribution in [0, 0.1) is 0 Å². The van der Waals surface area contributed by atoms with Gasteiger partial charge in [-0.05, 0) is 44.2 Å². The third-order valence-corrected chi connectivity index (χ3v) is 3.39. The molecular weight excluding hydrogens is 345 g/mol. The van der Waals surface area contributed by atoms with Gasteiger partial charge in [-0.15, -0.1) is 0 Å². The first-order valence-corrected chi connectivity index (χ1v) is 8.22. The van der Waals surface area contributed by atoms with Crippen LogP contribution in [0.4, 0.5) is 24.5 Å². The van der Waals surface area contributed by atoms with Gasteiger partial charge in [-0.25, -0.2) is 0 Å². The van der Waals surface area contributed by atoms with Gasteiger partial charge in [0, 0.05) is 18.7 Å². The molecule has 0 atom stereocenters. The topological polar surface area (TPSA) is 50.4 Å². The summed E-state index contributed by atoms with van der Waals surface area (Å²) in [6.45, 7) is 4.15. The zero-order chi connectivity index (χ0) is 19.2. The van der Waals surface area contributed by atoms with Crippen LogP contribution >= 0.6 is 0 Å². The fourth-order valence-electron chi connectivity index (χ4n) is 2.28. The molecular formula is C19H21F3N2O2. The average molecular weight is 366 g/mol. The number of halogens is 3. The lowest BCUT2D eigenvalue weighted by atomic mass is 10.2. The van der Waals surface area contributed by atoms with Crippen LogP contribution in [-0.2, 0) is 11.0 Å². The lowest BCUT2D eigenvalue weighted by molar-refractivity contribution is -0.137. The molecule has 0 aliphatic heterocycles. The number of hydrogen-bond acceptors (Lipinski definition) is 3. The standard InChI is InChI=1S/C19H21F3N2O2/c1-13(2)26-17-9-4-3-8-16(17)23-11-10-18(25)24-15-7-5-6-14(12-15)19(20,21)22/h3-9,12-13,23H,10-11H2,1-2H3,(H,24,25). The summed E-state index contributed by atoms with van der Waals surface area (Å²) in [5.41, 5.74) is 0.0784. The van der Waals surface area contributed by atoms with Gasteiger partial charge in [0.2, 0.25) is 5.91 Å². The minimum atomic E-state index is -4.44. The maximum Gasteiger partial charge on any atom is 0.416 e. The van der Waals surface area contributed by atoms with Crippen LogP contribution < -0.4 is 15.4 Å². The third-order valence-electron chi connectivity index (χ3n) is 3.39. The van der Waals surface area contributed by atoms with Crippen LogP contribution in [0.2, 0.25) is 0 Å². The second-order valence-electron chi connectivity index (χ2n) is 5.97. The summed E-state index contributed by atoms with van der Waals surface area (Å²) in [4.78, 5) is 12.0. The number of amides is 1. The Balaban J connectivity index is 1.88. The molecule has 0 unspecified atom stereocenters. The molecule has 7 heteroatoms. The van der Waals surface area contributed by atoms with Crippen molar-refractivity contribution in [2.24, 2.45) is 0 Å². The highest BCUT2D eigenvalue weighted by molar-refractivity contribution is 5.91. The summed E-state index contributed by atoms with van der Waals surface area (Å²) in [5, 5.41) is 5.58. The van der Waals surface area contributed by atoms with Crippen LogP contribution in [0.1, 0.15) is 25.8 Å². The summed E-state index contributed by atoms with van der Waals surface area (Å²) < 4.78 is 43.7. The maximum atomic E-state index is 12.7. The van der Waals surface area contributed by atoms with Gasteiger partial charge in [-0.1, -0.05) is 18.2 Å². The number of nitrogens with one attached hydrogen (secondary N) is 2. The normalized spacial score (nSPS) is 11.3. The van der Waals surface area contributed by atoms with E-state index in [9.17, 15) is 18.0 Å². The Labute approximate surface area is 150 Å². The van der Waals surface area contributed by atoms with Crippen molar-refractivity contribution in [3.05, 3.63) is 54.1 Å². The minimum Gasteiger partial charge on any atom is -0.489 e. The van der Waals surface area contributed by atoms with Crippen molar-refractivity contribution in [2.75, 3.05) is 17.2 Å². The molecule has 26 heavy (non-hydrogen) atoms. The third kappa shape index (κ3) is 5.98. The minimum absolute atomic E-state index is 0.0159. The molecule has 0 radical (unpaired) electrons. The highest BCUT2D eigenvalue weighted by Crippen LogP contribution is 2.30. The van der Waals surface area contributed by atoms with Crippen molar-refractivity contribution in [1.29, 1.82) is 0 Å². The van der Waals surface area contributed by atoms with Crippen LogP contribution in [0.5, 0.6) is 5.75 Å². The first-order valence-electron chi connectivity index (χ1n) is 8.22. The van der Waals surface area contributed by atoms with Gasteiger partial charge >= 0.3 is 6.18 Å². The summed E-state index contributed by atoms with van der Waals surface area (Å²) in [7, 11) is 0. The van der Waals surface area contributed by atoms with Crippen LogP contribution in [0.25, 0.3) is 0 Å². The first kappa shape index (κ1) is 19.6. The molecule has 0 saturated heterocycles. The van der Waals surface area contributed by atoms with E-state index < -0.39 is 11.7 Å². The van der Waals surface area contributed by atoms with Crippen LogP contribution in [0.15, 0.2) is 48.5 Å². The molecule has 4 nitrogen and oxygen atoms in total. The molecule has 0 aliphatic rings. The fourth-order valence-corrected chi connectivity index (χ4v) is 2.28. The number of carbonyl (C=O) groups is 1. The van der Waals surface area contributed by atoms with Crippen molar-refractivity contribution in [1.82, 2.24) is 0 Å². The predicted octanol–water partition coefficient (Wildman–Crippen LogP) is 4.93. The molecule has 0 aliphatic carbocycles. The Morgan fingerprint density at radius 1 is 1.12 bits per heavy atom. The smallest absolute Gasteiger partial charge is 0.416 e. The van der Waals surface area contributed by atoms with Crippen molar-refractivity contribution >= 4 is 17.3 Å².